The largest absolute Gasteiger partial charge is 0.504 e. The number of hydrogen-bond acceptors (Lipinski definition) is 4. The first-order valence-corrected chi connectivity index (χ1v) is 8.80. The second-order valence-corrected chi connectivity index (χ2v) is 6.96. The van der Waals surface area contributed by atoms with Crippen LogP contribution in [0.2, 0.25) is 0 Å². The lowest BCUT2D eigenvalue weighted by Crippen LogP contribution is -2.31. The summed E-state index contributed by atoms with van der Waals surface area (Å²) in [5.41, 5.74) is 2.15. The van der Waals surface area contributed by atoms with Crippen LogP contribution in [0, 0.1) is 5.92 Å². The number of aromatic nitrogens is 2. The van der Waals surface area contributed by atoms with Gasteiger partial charge in [0, 0.05) is 19.6 Å². The molecule has 2 heterocycles. The number of nitrogens with zero attached hydrogens (tertiary/aromatic N) is 4. The summed E-state index contributed by atoms with van der Waals surface area (Å²) in [6.07, 6.45) is 3.37. The van der Waals surface area contributed by atoms with E-state index in [1.807, 2.05) is 38.4 Å². The summed E-state index contributed by atoms with van der Waals surface area (Å²) in [6, 6.07) is 7.89. The van der Waals surface area contributed by atoms with Crippen molar-refractivity contribution >= 4 is 5.91 Å². The minimum absolute atomic E-state index is 0.0630. The lowest BCUT2D eigenvalue weighted by Gasteiger charge is -2.17. The summed E-state index contributed by atoms with van der Waals surface area (Å²) in [6.45, 7) is 4.47. The minimum Gasteiger partial charge on any atom is -0.504 e. The molecule has 2 aromatic rings. The smallest absolute Gasteiger partial charge is 0.278 e. The van der Waals surface area contributed by atoms with Crippen LogP contribution < -0.4 is 0 Å². The van der Waals surface area contributed by atoms with Gasteiger partial charge in [0.2, 0.25) is 0 Å². The van der Waals surface area contributed by atoms with Crippen LogP contribution in [0.4, 0.5) is 0 Å². The average Bonchev–Trinajstić information content (AvgIpc) is 3.20. The Bertz CT molecular complexity index is 754. The van der Waals surface area contributed by atoms with E-state index < -0.39 is 0 Å². The Morgan fingerprint density at radius 1 is 1.36 bits per heavy atom. The van der Waals surface area contributed by atoms with Gasteiger partial charge in [0.25, 0.3) is 5.91 Å². The first kappa shape index (κ1) is 17.5. The van der Waals surface area contributed by atoms with Crippen molar-refractivity contribution in [3.05, 3.63) is 41.7 Å². The second kappa shape index (κ2) is 7.27. The second-order valence-electron chi connectivity index (χ2n) is 6.96. The maximum absolute atomic E-state index is 12.8. The van der Waals surface area contributed by atoms with Crippen molar-refractivity contribution in [2.45, 2.75) is 19.8 Å². The molecule has 1 aromatic heterocycles. The Hall–Kier alpha value is -2.34. The molecule has 134 valence electrons. The van der Waals surface area contributed by atoms with E-state index >= 15 is 0 Å². The molecule has 0 unspecified atom stereocenters. The summed E-state index contributed by atoms with van der Waals surface area (Å²) in [5, 5.41) is 14.6. The van der Waals surface area contributed by atoms with Crippen LogP contribution in [0.3, 0.4) is 0 Å². The molecule has 0 spiro atoms. The van der Waals surface area contributed by atoms with Crippen molar-refractivity contribution in [3.63, 3.8) is 0 Å². The molecule has 1 aliphatic heterocycles. The number of carbonyl (C=O) groups excluding carboxylic acids is 1. The topological polar surface area (TPSA) is 61.6 Å². The van der Waals surface area contributed by atoms with Crippen molar-refractivity contribution in [1.29, 1.82) is 0 Å². The van der Waals surface area contributed by atoms with Gasteiger partial charge in [-0.25, -0.2) is 4.68 Å². The van der Waals surface area contributed by atoms with Crippen LogP contribution >= 0.6 is 0 Å². The molecule has 3 rings (SSSR count). The molecule has 1 amide bonds. The number of aryl methyl sites for hydroxylation is 1. The first-order chi connectivity index (χ1) is 12.0. The quantitative estimate of drug-likeness (QED) is 0.905. The fourth-order valence-corrected chi connectivity index (χ4v) is 3.51. The molecule has 1 atom stereocenters. The van der Waals surface area contributed by atoms with Crippen molar-refractivity contribution in [1.82, 2.24) is 19.6 Å². The number of likely N-dealkylation sites (tertiary alicyclic amines) is 1. The van der Waals surface area contributed by atoms with Gasteiger partial charge in [0.1, 0.15) is 0 Å². The molecule has 25 heavy (non-hydrogen) atoms. The number of carbonyl (C=O) groups is 1. The van der Waals surface area contributed by atoms with Crippen LogP contribution in [-0.4, -0.2) is 64.3 Å². The standard InChI is InChI=1S/C19H26N4O2/c1-4-15-7-5-6-8-16(15)23-13-17(24)18(20-23)19(25)22-10-9-14(12-22)11-21(2)3/h5-8,13-14,24H,4,9-12H2,1-3H3/t14-/m1/s1. The number of hydrogen-bond donors (Lipinski definition) is 1. The van der Waals surface area contributed by atoms with E-state index in [9.17, 15) is 9.90 Å². The normalized spacial score (nSPS) is 17.4. The van der Waals surface area contributed by atoms with E-state index in [0.29, 0.717) is 5.92 Å². The fourth-order valence-electron chi connectivity index (χ4n) is 3.51. The molecule has 1 aliphatic rings. The van der Waals surface area contributed by atoms with E-state index in [1.54, 1.807) is 9.58 Å². The number of rotatable bonds is 5. The Labute approximate surface area is 148 Å². The molecule has 1 fully saturated rings. The van der Waals surface area contributed by atoms with Crippen LogP contribution in [0.15, 0.2) is 30.5 Å². The third-order valence-corrected chi connectivity index (χ3v) is 4.71. The predicted molar refractivity (Wildman–Crippen MR) is 97.2 cm³/mol. The Balaban J connectivity index is 1.80. The summed E-state index contributed by atoms with van der Waals surface area (Å²) in [5.74, 6) is 0.224. The van der Waals surface area contributed by atoms with Gasteiger partial charge in [0.05, 0.1) is 11.9 Å². The lowest BCUT2D eigenvalue weighted by atomic mass is 10.1. The number of aromatic hydroxyl groups is 1. The highest BCUT2D eigenvalue weighted by atomic mass is 16.3. The zero-order valence-corrected chi connectivity index (χ0v) is 15.1. The highest BCUT2D eigenvalue weighted by Gasteiger charge is 2.30. The first-order valence-electron chi connectivity index (χ1n) is 8.80. The Morgan fingerprint density at radius 3 is 2.84 bits per heavy atom. The highest BCUT2D eigenvalue weighted by Crippen LogP contribution is 2.25. The third-order valence-electron chi connectivity index (χ3n) is 4.71. The van der Waals surface area contributed by atoms with Crippen LogP contribution in [-0.2, 0) is 6.42 Å². The highest BCUT2D eigenvalue weighted by molar-refractivity contribution is 5.95. The lowest BCUT2D eigenvalue weighted by molar-refractivity contribution is 0.0776. The molecule has 6 heteroatoms. The zero-order chi connectivity index (χ0) is 18.0. The molecular formula is C19H26N4O2. The fraction of sp³-hybridized carbons (Fsp3) is 0.474. The molecule has 1 N–H and O–H groups in total. The molecule has 6 nitrogen and oxygen atoms in total. The summed E-state index contributed by atoms with van der Waals surface area (Å²) in [7, 11) is 4.09. The van der Waals surface area contributed by atoms with Gasteiger partial charge in [-0.2, -0.15) is 5.10 Å². The predicted octanol–water partition coefficient (Wildman–Crippen LogP) is 2.16. The van der Waals surface area contributed by atoms with Gasteiger partial charge in [-0.3, -0.25) is 4.79 Å². The molecule has 1 aromatic carbocycles. The van der Waals surface area contributed by atoms with Crippen molar-refractivity contribution in [2.24, 2.45) is 5.92 Å². The Morgan fingerprint density at radius 2 is 2.12 bits per heavy atom. The number of para-hydroxylation sites is 1. The van der Waals surface area contributed by atoms with Gasteiger partial charge < -0.3 is 14.9 Å². The average molecular weight is 342 g/mol. The van der Waals surface area contributed by atoms with Gasteiger partial charge in [-0.05, 0) is 44.5 Å². The minimum atomic E-state index is -0.188. The van der Waals surface area contributed by atoms with Gasteiger partial charge >= 0.3 is 0 Å². The van der Waals surface area contributed by atoms with Crippen LogP contribution in [0.5, 0.6) is 5.75 Å². The molecule has 0 radical (unpaired) electrons. The van der Waals surface area contributed by atoms with E-state index in [0.717, 1.165) is 43.7 Å². The number of benzene rings is 1. The third kappa shape index (κ3) is 3.69. The maximum Gasteiger partial charge on any atom is 0.278 e. The monoisotopic (exact) mass is 342 g/mol. The van der Waals surface area contributed by atoms with E-state index in [4.69, 9.17) is 0 Å². The number of amides is 1. The van der Waals surface area contributed by atoms with E-state index in [1.165, 1.54) is 6.20 Å². The maximum atomic E-state index is 12.8. The van der Waals surface area contributed by atoms with Gasteiger partial charge in [-0.15, -0.1) is 0 Å². The van der Waals surface area contributed by atoms with E-state index in [2.05, 4.69) is 16.9 Å². The molecule has 0 aliphatic carbocycles. The summed E-state index contributed by atoms with van der Waals surface area (Å²) < 4.78 is 1.61. The summed E-state index contributed by atoms with van der Waals surface area (Å²) in [4.78, 5) is 16.7. The zero-order valence-electron chi connectivity index (χ0n) is 15.1. The summed E-state index contributed by atoms with van der Waals surface area (Å²) >= 11 is 0. The van der Waals surface area contributed by atoms with Gasteiger partial charge in [0.15, 0.2) is 11.4 Å². The van der Waals surface area contributed by atoms with E-state index in [-0.39, 0.29) is 17.4 Å². The van der Waals surface area contributed by atoms with Crippen molar-refractivity contribution in [2.75, 3.05) is 33.7 Å². The van der Waals surface area contributed by atoms with Crippen molar-refractivity contribution < 1.29 is 9.90 Å². The van der Waals surface area contributed by atoms with Gasteiger partial charge in [-0.1, -0.05) is 25.1 Å². The molecule has 0 saturated carbocycles. The molecule has 0 bridgehead atoms. The Kier molecular flexibility index (Phi) is 5.08. The van der Waals surface area contributed by atoms with Crippen LogP contribution in [0.1, 0.15) is 29.4 Å². The van der Waals surface area contributed by atoms with Crippen molar-refractivity contribution in [3.8, 4) is 11.4 Å². The molecular weight excluding hydrogens is 316 g/mol. The SMILES string of the molecule is CCc1ccccc1-n1cc(O)c(C(=O)N2CC[C@H](CN(C)C)C2)n1. The van der Waals surface area contributed by atoms with Crippen LogP contribution in [0.25, 0.3) is 5.69 Å². The molecule has 1 saturated heterocycles.